The summed E-state index contributed by atoms with van der Waals surface area (Å²) in [5.74, 6) is 0.193. The number of hydrogen-bond donors (Lipinski definition) is 1. The summed E-state index contributed by atoms with van der Waals surface area (Å²) in [7, 11) is 2.96. The van der Waals surface area contributed by atoms with Gasteiger partial charge in [0.2, 0.25) is 5.91 Å². The number of rotatable bonds is 4. The van der Waals surface area contributed by atoms with Gasteiger partial charge in [-0.1, -0.05) is 56.3 Å². The molecule has 30 heavy (non-hydrogen) atoms. The van der Waals surface area contributed by atoms with E-state index in [1.54, 1.807) is 31.3 Å². The number of nitrogens with one attached hydrogen (secondary N) is 1. The summed E-state index contributed by atoms with van der Waals surface area (Å²) in [4.78, 5) is 46.7. The molecule has 0 aliphatic heterocycles. The Morgan fingerprint density at radius 3 is 2.43 bits per heavy atom. The van der Waals surface area contributed by atoms with Gasteiger partial charge in [0.25, 0.3) is 5.56 Å². The van der Waals surface area contributed by atoms with Gasteiger partial charge in [0.1, 0.15) is 16.2 Å². The maximum atomic E-state index is 12.8. The topological polar surface area (TPSA) is 98.9 Å². The van der Waals surface area contributed by atoms with Crippen LogP contribution in [0.1, 0.15) is 26.6 Å². The van der Waals surface area contributed by atoms with Gasteiger partial charge >= 0.3 is 5.69 Å². The Kier molecular flexibility index (Phi) is 6.05. The van der Waals surface area contributed by atoms with E-state index in [-0.39, 0.29) is 22.7 Å². The lowest BCUT2D eigenvalue weighted by Crippen LogP contribution is -2.38. The number of carbonyl (C=O) groups excluding carboxylic acids is 1. The summed E-state index contributed by atoms with van der Waals surface area (Å²) in [6.45, 7) is 5.81. The van der Waals surface area contributed by atoms with Gasteiger partial charge in [0.15, 0.2) is 5.65 Å². The van der Waals surface area contributed by atoms with Crippen molar-refractivity contribution in [2.24, 2.45) is 14.1 Å². The second-order valence-corrected chi connectivity index (χ2v) is 9.19. The van der Waals surface area contributed by atoms with Crippen LogP contribution in [0.15, 0.2) is 38.9 Å². The molecule has 0 bridgehead atoms. The molecule has 0 atom stereocenters. The highest BCUT2D eigenvalue weighted by Gasteiger charge is 2.24. The fraction of sp³-hybridized carbons (Fsp3) is 0.350. The lowest BCUT2D eigenvalue weighted by Gasteiger charge is -2.19. The normalized spacial score (nSPS) is 11.7. The van der Waals surface area contributed by atoms with Gasteiger partial charge in [-0.25, -0.2) is 14.8 Å². The predicted octanol–water partition coefficient (Wildman–Crippen LogP) is 2.71. The number of benzene rings is 1. The van der Waals surface area contributed by atoms with Crippen LogP contribution in [0, 0.1) is 0 Å². The molecule has 0 saturated carbocycles. The van der Waals surface area contributed by atoms with E-state index in [0.29, 0.717) is 21.6 Å². The highest BCUT2D eigenvalue weighted by atomic mass is 35.5. The highest BCUT2D eigenvalue weighted by Crippen LogP contribution is 2.27. The molecule has 0 saturated heterocycles. The van der Waals surface area contributed by atoms with Crippen molar-refractivity contribution in [3.05, 3.63) is 56.0 Å². The lowest BCUT2D eigenvalue weighted by atomic mass is 9.96. The van der Waals surface area contributed by atoms with Gasteiger partial charge in [-0.05, 0) is 12.1 Å². The Morgan fingerprint density at radius 2 is 1.80 bits per heavy atom. The minimum Gasteiger partial charge on any atom is -0.324 e. The molecule has 3 rings (SSSR count). The van der Waals surface area contributed by atoms with Crippen molar-refractivity contribution in [2.45, 2.75) is 31.2 Å². The van der Waals surface area contributed by atoms with Crippen LogP contribution in [0.5, 0.6) is 0 Å². The van der Waals surface area contributed by atoms with Crippen molar-refractivity contribution in [3.8, 4) is 0 Å². The quantitative estimate of drug-likeness (QED) is 0.487. The van der Waals surface area contributed by atoms with Crippen LogP contribution in [0.3, 0.4) is 0 Å². The minimum atomic E-state index is -0.498. The molecule has 0 aliphatic rings. The average molecular weight is 448 g/mol. The Morgan fingerprint density at radius 1 is 1.13 bits per heavy atom. The number of hydrogen-bond acceptors (Lipinski definition) is 6. The fourth-order valence-corrected chi connectivity index (χ4v) is 3.75. The number of aryl methyl sites for hydroxylation is 1. The minimum absolute atomic E-state index is 0.00686. The van der Waals surface area contributed by atoms with E-state index >= 15 is 0 Å². The second-order valence-electron chi connectivity index (χ2n) is 7.82. The van der Waals surface area contributed by atoms with E-state index in [2.05, 4.69) is 15.3 Å². The zero-order valence-electron chi connectivity index (χ0n) is 17.3. The highest BCUT2D eigenvalue weighted by molar-refractivity contribution is 8.00. The van der Waals surface area contributed by atoms with Gasteiger partial charge in [-0.2, -0.15) is 0 Å². The number of thioether (sulfide) groups is 1. The number of halogens is 1. The molecule has 0 unspecified atom stereocenters. The van der Waals surface area contributed by atoms with Crippen molar-refractivity contribution in [2.75, 3.05) is 11.1 Å². The Hall–Kier alpha value is -2.65. The molecule has 0 spiro atoms. The van der Waals surface area contributed by atoms with E-state index in [4.69, 9.17) is 11.6 Å². The van der Waals surface area contributed by atoms with Crippen molar-refractivity contribution in [3.63, 3.8) is 0 Å². The zero-order valence-corrected chi connectivity index (χ0v) is 18.9. The monoisotopic (exact) mass is 447 g/mol. The maximum absolute atomic E-state index is 12.8. The zero-order chi connectivity index (χ0) is 22.2. The predicted molar refractivity (Wildman–Crippen MR) is 120 cm³/mol. The van der Waals surface area contributed by atoms with E-state index in [9.17, 15) is 14.4 Å². The molecule has 2 heterocycles. The molecule has 8 nitrogen and oxygen atoms in total. The van der Waals surface area contributed by atoms with E-state index in [1.165, 1.54) is 11.6 Å². The van der Waals surface area contributed by atoms with Crippen molar-refractivity contribution >= 4 is 46.0 Å². The third-order valence-electron chi connectivity index (χ3n) is 4.43. The van der Waals surface area contributed by atoms with Gasteiger partial charge < -0.3 is 5.32 Å². The number of amides is 1. The first-order valence-electron chi connectivity index (χ1n) is 9.16. The number of fused-ring (bicyclic) bond motifs is 1. The molecule has 0 radical (unpaired) electrons. The van der Waals surface area contributed by atoms with Gasteiger partial charge in [0.05, 0.1) is 16.5 Å². The van der Waals surface area contributed by atoms with Gasteiger partial charge in [0, 0.05) is 19.5 Å². The largest absolute Gasteiger partial charge is 0.332 e. The van der Waals surface area contributed by atoms with Gasteiger partial charge in [-0.3, -0.25) is 18.7 Å². The number of aromatic nitrogens is 4. The molecule has 0 fully saturated rings. The van der Waals surface area contributed by atoms with Crippen LogP contribution in [0.4, 0.5) is 5.69 Å². The third-order valence-corrected chi connectivity index (χ3v) is 5.73. The second kappa shape index (κ2) is 8.23. The van der Waals surface area contributed by atoms with Gasteiger partial charge in [-0.15, -0.1) is 0 Å². The summed E-state index contributed by atoms with van der Waals surface area (Å²) in [5.41, 5.74) is -0.635. The summed E-state index contributed by atoms with van der Waals surface area (Å²) >= 11 is 7.20. The first-order valence-corrected chi connectivity index (χ1v) is 10.5. The summed E-state index contributed by atoms with van der Waals surface area (Å²) < 4.78 is 2.33. The van der Waals surface area contributed by atoms with E-state index in [0.717, 1.165) is 16.3 Å². The smallest absolute Gasteiger partial charge is 0.324 e. The van der Waals surface area contributed by atoms with E-state index < -0.39 is 16.7 Å². The number of carbonyl (C=O) groups is 1. The first-order chi connectivity index (χ1) is 14.0. The van der Waals surface area contributed by atoms with Crippen LogP contribution in [0.25, 0.3) is 11.0 Å². The molecule has 3 aromatic rings. The van der Waals surface area contributed by atoms with Crippen LogP contribution in [0.2, 0.25) is 5.02 Å². The summed E-state index contributed by atoms with van der Waals surface area (Å²) in [6.07, 6.45) is 0. The SMILES string of the molecule is Cn1c(=O)c2c(SCC(=O)Nc3ccccc3Cl)nc(C(C)(C)C)nc2n(C)c1=O. The standard InChI is InChI=1S/C20H22ClN5O3S/c1-20(2,3)18-23-15-14(17(28)26(5)19(29)25(15)4)16(24-18)30-10-13(27)22-12-9-7-6-8-11(12)21/h6-9H,10H2,1-5H3,(H,22,27). The number of para-hydroxylation sites is 1. The van der Waals surface area contributed by atoms with Crippen LogP contribution >= 0.6 is 23.4 Å². The molecule has 1 aromatic carbocycles. The Bertz CT molecular complexity index is 1260. The molecule has 2 aromatic heterocycles. The fourth-order valence-electron chi connectivity index (χ4n) is 2.75. The molecule has 158 valence electrons. The van der Waals surface area contributed by atoms with Crippen LogP contribution in [-0.4, -0.2) is 30.8 Å². The van der Waals surface area contributed by atoms with Crippen molar-refractivity contribution in [1.29, 1.82) is 0 Å². The molecule has 0 aliphatic carbocycles. The average Bonchev–Trinajstić information content (AvgIpc) is 2.69. The number of anilines is 1. The van der Waals surface area contributed by atoms with Crippen molar-refractivity contribution < 1.29 is 4.79 Å². The lowest BCUT2D eigenvalue weighted by molar-refractivity contribution is -0.113. The Balaban J connectivity index is 2.04. The third kappa shape index (κ3) is 4.27. The molecular formula is C20H22ClN5O3S. The van der Waals surface area contributed by atoms with Crippen molar-refractivity contribution in [1.82, 2.24) is 19.1 Å². The summed E-state index contributed by atoms with van der Waals surface area (Å²) in [6, 6.07) is 6.93. The summed E-state index contributed by atoms with van der Waals surface area (Å²) in [5, 5.41) is 3.75. The molecule has 1 amide bonds. The molecular weight excluding hydrogens is 426 g/mol. The first kappa shape index (κ1) is 22.0. The molecule has 10 heteroatoms. The maximum Gasteiger partial charge on any atom is 0.332 e. The number of nitrogens with zero attached hydrogens (tertiary/aromatic N) is 4. The van der Waals surface area contributed by atoms with Crippen LogP contribution < -0.4 is 16.6 Å². The van der Waals surface area contributed by atoms with Crippen LogP contribution in [-0.2, 0) is 24.3 Å². The van der Waals surface area contributed by atoms with E-state index in [1.807, 2.05) is 20.8 Å². The Labute approximate surface area is 182 Å². The molecule has 1 N–H and O–H groups in total.